The zero-order valence-electron chi connectivity index (χ0n) is 29.9. The number of nitrogens with zero attached hydrogens (tertiary/aromatic N) is 1. The predicted molar refractivity (Wildman–Crippen MR) is 229 cm³/mol. The van der Waals surface area contributed by atoms with Gasteiger partial charge < -0.3 is 19.0 Å². The average Bonchev–Trinajstić information content (AvgIpc) is 3.99. The molecular formula is C50H35N3O. The van der Waals surface area contributed by atoms with Crippen LogP contribution < -0.4 is 0 Å². The highest BCUT2D eigenvalue weighted by atomic mass is 16.3. The number of aromatic amines is 2. The summed E-state index contributed by atoms with van der Waals surface area (Å²) < 4.78 is 8.63. The second-order valence-corrected chi connectivity index (χ2v) is 13.9. The summed E-state index contributed by atoms with van der Waals surface area (Å²) in [4.78, 5) is 7.17. The van der Waals surface area contributed by atoms with Gasteiger partial charge >= 0.3 is 0 Å². The fourth-order valence-corrected chi connectivity index (χ4v) is 8.57. The minimum absolute atomic E-state index is 0.899. The summed E-state index contributed by atoms with van der Waals surface area (Å²) in [5, 5.41) is 9.67. The van der Waals surface area contributed by atoms with E-state index in [4.69, 9.17) is 4.42 Å². The molecule has 0 unspecified atom stereocenters. The van der Waals surface area contributed by atoms with Crippen LogP contribution in [0.15, 0.2) is 168 Å². The summed E-state index contributed by atoms with van der Waals surface area (Å²) in [5.41, 5.74) is 14.7. The molecule has 0 fully saturated rings. The van der Waals surface area contributed by atoms with Gasteiger partial charge in [0.1, 0.15) is 11.2 Å². The lowest BCUT2D eigenvalue weighted by Gasteiger charge is -2.09. The largest absolute Gasteiger partial charge is 0.456 e. The quantitative estimate of drug-likeness (QED) is 0.190. The number of hydrogen-bond acceptors (Lipinski definition) is 1. The number of hydrogen-bond donors (Lipinski definition) is 2. The zero-order chi connectivity index (χ0) is 35.9. The van der Waals surface area contributed by atoms with Crippen molar-refractivity contribution in [1.29, 1.82) is 0 Å². The molecule has 0 amide bonds. The molecule has 0 radical (unpaired) electrons. The molecule has 4 heteroatoms. The smallest absolute Gasteiger partial charge is 0.135 e. The third kappa shape index (κ3) is 4.50. The van der Waals surface area contributed by atoms with Gasteiger partial charge in [-0.3, -0.25) is 0 Å². The predicted octanol–water partition coefficient (Wildman–Crippen LogP) is 14.3. The molecule has 0 spiro atoms. The van der Waals surface area contributed by atoms with Gasteiger partial charge in [0, 0.05) is 70.8 Å². The van der Waals surface area contributed by atoms with Crippen molar-refractivity contribution in [2.75, 3.05) is 0 Å². The number of fused-ring (bicyclic) bond motifs is 12. The summed E-state index contributed by atoms with van der Waals surface area (Å²) in [7, 11) is 0. The van der Waals surface area contributed by atoms with Crippen molar-refractivity contribution in [2.45, 2.75) is 13.8 Å². The Kier molecular flexibility index (Phi) is 6.65. The van der Waals surface area contributed by atoms with E-state index in [2.05, 4.69) is 166 Å². The SMILES string of the molecule is CC.c1ccc2c(c1)[nH]c1ccc(-c3ccc4c(c3)c3cc(-c5ccc6[nH]c7ccccc7c6c5)ccc3n4-c3ccc4oc5ccccc5c4c3)cc12. The highest BCUT2D eigenvalue weighted by Crippen LogP contribution is 2.40. The van der Waals surface area contributed by atoms with E-state index in [1.54, 1.807) is 0 Å². The summed E-state index contributed by atoms with van der Waals surface area (Å²) in [6, 6.07) is 59.4. The summed E-state index contributed by atoms with van der Waals surface area (Å²) >= 11 is 0. The van der Waals surface area contributed by atoms with Gasteiger partial charge in [0.25, 0.3) is 0 Å². The lowest BCUT2D eigenvalue weighted by Crippen LogP contribution is -1.93. The van der Waals surface area contributed by atoms with E-state index in [0.29, 0.717) is 0 Å². The number of nitrogens with one attached hydrogen (secondary N) is 2. The van der Waals surface area contributed by atoms with Crippen LogP contribution in [0.3, 0.4) is 0 Å². The summed E-state index contributed by atoms with van der Waals surface area (Å²) in [5.74, 6) is 0. The van der Waals surface area contributed by atoms with Crippen LogP contribution in [-0.4, -0.2) is 14.5 Å². The van der Waals surface area contributed by atoms with Crippen molar-refractivity contribution in [3.8, 4) is 27.9 Å². The molecule has 0 aliphatic rings. The Morgan fingerprint density at radius 2 is 0.796 bits per heavy atom. The van der Waals surface area contributed by atoms with Gasteiger partial charge in [-0.15, -0.1) is 0 Å². The second kappa shape index (κ2) is 11.7. The van der Waals surface area contributed by atoms with Crippen LogP contribution >= 0.6 is 0 Å². The van der Waals surface area contributed by atoms with E-state index >= 15 is 0 Å². The Hall–Kier alpha value is -7.04. The first-order valence-electron chi connectivity index (χ1n) is 18.8. The van der Waals surface area contributed by atoms with Crippen LogP contribution in [0.4, 0.5) is 0 Å². The molecule has 0 bridgehead atoms. The Bertz CT molecular complexity index is 3250. The number of benzene rings is 8. The van der Waals surface area contributed by atoms with E-state index < -0.39 is 0 Å². The van der Waals surface area contributed by atoms with Gasteiger partial charge in [0.2, 0.25) is 0 Å². The molecule has 4 aromatic heterocycles. The normalized spacial score (nSPS) is 11.9. The fourth-order valence-electron chi connectivity index (χ4n) is 8.57. The highest BCUT2D eigenvalue weighted by Gasteiger charge is 2.17. The number of furan rings is 1. The third-order valence-electron chi connectivity index (χ3n) is 11.1. The zero-order valence-corrected chi connectivity index (χ0v) is 29.9. The molecule has 8 aromatic carbocycles. The van der Waals surface area contributed by atoms with E-state index in [0.717, 1.165) is 49.7 Å². The topological polar surface area (TPSA) is 49.6 Å². The molecular weight excluding hydrogens is 659 g/mol. The molecule has 0 aliphatic carbocycles. The second-order valence-electron chi connectivity index (χ2n) is 13.9. The van der Waals surface area contributed by atoms with E-state index in [-0.39, 0.29) is 0 Å². The van der Waals surface area contributed by atoms with E-state index in [9.17, 15) is 0 Å². The minimum Gasteiger partial charge on any atom is -0.456 e. The average molecular weight is 694 g/mol. The van der Waals surface area contributed by atoms with Gasteiger partial charge in [-0.1, -0.05) is 92.7 Å². The van der Waals surface area contributed by atoms with Gasteiger partial charge in [-0.05, 0) is 107 Å². The van der Waals surface area contributed by atoms with Gasteiger partial charge in [0.05, 0.1) is 11.0 Å². The van der Waals surface area contributed by atoms with Crippen molar-refractivity contribution in [1.82, 2.24) is 14.5 Å². The number of aromatic nitrogens is 3. The Morgan fingerprint density at radius 1 is 0.352 bits per heavy atom. The minimum atomic E-state index is 0.899. The Labute approximate surface area is 310 Å². The number of H-pyrrole nitrogens is 2. The molecule has 54 heavy (non-hydrogen) atoms. The van der Waals surface area contributed by atoms with Crippen molar-refractivity contribution in [3.05, 3.63) is 164 Å². The Morgan fingerprint density at radius 3 is 1.37 bits per heavy atom. The monoisotopic (exact) mass is 693 g/mol. The molecule has 4 nitrogen and oxygen atoms in total. The van der Waals surface area contributed by atoms with Crippen LogP contribution in [-0.2, 0) is 0 Å². The van der Waals surface area contributed by atoms with E-state index in [1.165, 1.54) is 65.6 Å². The van der Waals surface area contributed by atoms with Crippen LogP contribution in [0.1, 0.15) is 13.8 Å². The molecule has 0 atom stereocenters. The molecule has 4 heterocycles. The van der Waals surface area contributed by atoms with Crippen LogP contribution in [0, 0.1) is 0 Å². The summed E-state index contributed by atoms with van der Waals surface area (Å²) in [6.07, 6.45) is 0. The number of para-hydroxylation sites is 3. The van der Waals surface area contributed by atoms with Crippen LogP contribution in [0.5, 0.6) is 0 Å². The Balaban J connectivity index is 0.00000168. The van der Waals surface area contributed by atoms with Gasteiger partial charge in [-0.25, -0.2) is 0 Å². The van der Waals surface area contributed by atoms with Crippen molar-refractivity contribution >= 4 is 87.4 Å². The maximum atomic E-state index is 6.22. The third-order valence-corrected chi connectivity index (χ3v) is 11.1. The number of rotatable bonds is 3. The summed E-state index contributed by atoms with van der Waals surface area (Å²) in [6.45, 7) is 4.00. The van der Waals surface area contributed by atoms with Crippen molar-refractivity contribution in [2.24, 2.45) is 0 Å². The standard InChI is InChI=1S/C48H29N3O.C2H6/c1-4-10-41-33(7-1)36-23-28(13-18-43(36)49-41)30-15-20-45-38(25-30)39-26-31(29-14-19-44-37(24-29)34-8-2-5-11-42(34)50-44)16-21-46(39)51(45)32-17-22-48-40(27-32)35-9-3-6-12-47(35)52-48;1-2/h1-27,49-50H;1-2H3. The lowest BCUT2D eigenvalue weighted by atomic mass is 9.98. The molecule has 0 saturated heterocycles. The van der Waals surface area contributed by atoms with E-state index in [1.807, 2.05) is 26.0 Å². The first kappa shape index (κ1) is 30.6. The molecule has 12 rings (SSSR count). The van der Waals surface area contributed by atoms with Crippen molar-refractivity contribution < 1.29 is 4.42 Å². The molecule has 0 aliphatic heterocycles. The van der Waals surface area contributed by atoms with Crippen LogP contribution in [0.2, 0.25) is 0 Å². The molecule has 0 saturated carbocycles. The molecule has 12 aromatic rings. The maximum absolute atomic E-state index is 6.22. The van der Waals surface area contributed by atoms with Crippen LogP contribution in [0.25, 0.3) is 115 Å². The van der Waals surface area contributed by atoms with Crippen molar-refractivity contribution in [3.63, 3.8) is 0 Å². The lowest BCUT2D eigenvalue weighted by molar-refractivity contribution is 0.669. The highest BCUT2D eigenvalue weighted by molar-refractivity contribution is 6.14. The first-order chi connectivity index (χ1) is 26.7. The van der Waals surface area contributed by atoms with Gasteiger partial charge in [0.15, 0.2) is 0 Å². The van der Waals surface area contributed by atoms with Gasteiger partial charge in [-0.2, -0.15) is 0 Å². The molecule has 2 N–H and O–H groups in total. The molecule has 256 valence electrons. The first-order valence-corrected chi connectivity index (χ1v) is 18.8. The maximum Gasteiger partial charge on any atom is 0.135 e. The fraction of sp³-hybridized carbons (Fsp3) is 0.0400.